The van der Waals surface area contributed by atoms with Crippen molar-refractivity contribution in [3.8, 4) is 0 Å². The highest BCUT2D eigenvalue weighted by Crippen LogP contribution is 1.85. The molecule has 3 nitrogen and oxygen atoms in total. The first-order valence-electron chi connectivity index (χ1n) is 4.73. The van der Waals surface area contributed by atoms with Crippen molar-refractivity contribution in [3.63, 3.8) is 0 Å². The van der Waals surface area contributed by atoms with E-state index in [1.54, 1.807) is 0 Å². The summed E-state index contributed by atoms with van der Waals surface area (Å²) >= 11 is 0. The van der Waals surface area contributed by atoms with Crippen molar-refractivity contribution in [2.75, 3.05) is 26.2 Å². The Balaban J connectivity index is 0. The Bertz CT molecular complexity index is 127. The lowest BCUT2D eigenvalue weighted by molar-refractivity contribution is -0.122. The van der Waals surface area contributed by atoms with Gasteiger partial charge in [-0.1, -0.05) is 20.8 Å². The Morgan fingerprint density at radius 1 is 1.33 bits per heavy atom. The molecular weight excluding hydrogens is 152 g/mol. The third kappa shape index (κ3) is 5.13. The summed E-state index contributed by atoms with van der Waals surface area (Å²) in [6.45, 7) is 9.39. The molecule has 0 unspecified atom stereocenters. The van der Waals surface area contributed by atoms with Crippen LogP contribution in [0.4, 0.5) is 0 Å². The summed E-state index contributed by atoms with van der Waals surface area (Å²) in [6, 6.07) is 0. The quantitative estimate of drug-likeness (QED) is 0.654. The van der Waals surface area contributed by atoms with E-state index in [2.05, 4.69) is 31.0 Å². The predicted molar refractivity (Wildman–Crippen MR) is 53.2 cm³/mol. The molecule has 12 heavy (non-hydrogen) atoms. The zero-order valence-electron chi connectivity index (χ0n) is 8.39. The summed E-state index contributed by atoms with van der Waals surface area (Å²) in [5.41, 5.74) is 0. The van der Waals surface area contributed by atoms with E-state index < -0.39 is 0 Å². The maximum absolute atomic E-state index is 11.2. The van der Waals surface area contributed by atoms with Crippen molar-refractivity contribution in [2.24, 2.45) is 0 Å². The molecule has 0 radical (unpaired) electrons. The van der Waals surface area contributed by atoms with Gasteiger partial charge in [-0.05, 0) is 19.5 Å². The molecular formula is C9H22N2O. The standard InChI is InChI=1S/C9H20N2O.H2/c1-4-7-10-9(12)8-11(5-2)6-3;/h4-8H2,1-3H3,(H,10,12);1H. The molecule has 1 N–H and O–H groups in total. The molecule has 3 heteroatoms. The van der Waals surface area contributed by atoms with Crippen molar-refractivity contribution in [1.82, 2.24) is 10.2 Å². The van der Waals surface area contributed by atoms with Crippen LogP contribution in [0.2, 0.25) is 0 Å². The lowest BCUT2D eigenvalue weighted by atomic mass is 10.4. The van der Waals surface area contributed by atoms with Crippen LogP contribution in [0.15, 0.2) is 0 Å². The first-order valence-corrected chi connectivity index (χ1v) is 4.73. The maximum atomic E-state index is 11.2. The number of amides is 1. The molecule has 0 bridgehead atoms. The van der Waals surface area contributed by atoms with Gasteiger partial charge < -0.3 is 5.32 Å². The summed E-state index contributed by atoms with van der Waals surface area (Å²) in [7, 11) is 0. The Morgan fingerprint density at radius 2 is 1.92 bits per heavy atom. The molecule has 0 aromatic heterocycles. The molecule has 0 aromatic carbocycles. The van der Waals surface area contributed by atoms with E-state index in [1.807, 2.05) is 0 Å². The molecule has 0 spiro atoms. The minimum atomic E-state index is 0. The number of hydrogen-bond acceptors (Lipinski definition) is 2. The summed E-state index contributed by atoms with van der Waals surface area (Å²) in [4.78, 5) is 13.3. The maximum Gasteiger partial charge on any atom is 0.234 e. The Kier molecular flexibility index (Phi) is 6.76. The molecule has 0 saturated carbocycles. The summed E-state index contributed by atoms with van der Waals surface area (Å²) in [5.74, 6) is 0.139. The lowest BCUT2D eigenvalue weighted by Crippen LogP contribution is -2.37. The van der Waals surface area contributed by atoms with Crippen LogP contribution >= 0.6 is 0 Å². The largest absolute Gasteiger partial charge is 0.355 e. The van der Waals surface area contributed by atoms with E-state index in [0.29, 0.717) is 6.54 Å². The van der Waals surface area contributed by atoms with Gasteiger partial charge in [-0.3, -0.25) is 9.69 Å². The van der Waals surface area contributed by atoms with E-state index in [0.717, 1.165) is 26.1 Å². The molecule has 0 aliphatic rings. The molecule has 0 atom stereocenters. The topological polar surface area (TPSA) is 32.3 Å². The molecule has 0 aliphatic heterocycles. The van der Waals surface area contributed by atoms with Gasteiger partial charge in [0.05, 0.1) is 6.54 Å². The number of carbonyl (C=O) groups excluding carboxylic acids is 1. The fourth-order valence-corrected chi connectivity index (χ4v) is 0.971. The molecule has 0 aliphatic carbocycles. The van der Waals surface area contributed by atoms with Crippen molar-refractivity contribution in [2.45, 2.75) is 27.2 Å². The zero-order valence-corrected chi connectivity index (χ0v) is 8.39. The monoisotopic (exact) mass is 174 g/mol. The van der Waals surface area contributed by atoms with Gasteiger partial charge in [0, 0.05) is 7.97 Å². The Labute approximate surface area is 76.6 Å². The van der Waals surface area contributed by atoms with Gasteiger partial charge in [0.1, 0.15) is 0 Å². The molecule has 0 aromatic rings. The number of nitrogens with zero attached hydrogens (tertiary/aromatic N) is 1. The first-order chi connectivity index (χ1) is 5.74. The second-order valence-corrected chi connectivity index (χ2v) is 2.81. The number of likely N-dealkylation sites (N-methyl/N-ethyl adjacent to an activating group) is 1. The third-order valence-corrected chi connectivity index (χ3v) is 1.83. The van der Waals surface area contributed by atoms with E-state index >= 15 is 0 Å². The van der Waals surface area contributed by atoms with Gasteiger partial charge in [-0.25, -0.2) is 0 Å². The minimum absolute atomic E-state index is 0. The van der Waals surface area contributed by atoms with Crippen LogP contribution in [-0.2, 0) is 4.79 Å². The second-order valence-electron chi connectivity index (χ2n) is 2.81. The van der Waals surface area contributed by atoms with Gasteiger partial charge in [-0.15, -0.1) is 0 Å². The molecule has 0 rings (SSSR count). The fourth-order valence-electron chi connectivity index (χ4n) is 0.971. The average molecular weight is 174 g/mol. The van der Waals surface area contributed by atoms with Crippen LogP contribution in [0.25, 0.3) is 0 Å². The number of nitrogens with one attached hydrogen (secondary N) is 1. The predicted octanol–water partition coefficient (Wildman–Crippen LogP) is 1.10. The zero-order chi connectivity index (χ0) is 9.40. The second kappa shape index (κ2) is 7.10. The highest BCUT2D eigenvalue weighted by atomic mass is 16.2. The van der Waals surface area contributed by atoms with E-state index in [-0.39, 0.29) is 7.33 Å². The average Bonchev–Trinajstić information content (AvgIpc) is 2.10. The van der Waals surface area contributed by atoms with E-state index in [9.17, 15) is 4.79 Å². The smallest absolute Gasteiger partial charge is 0.234 e. The molecule has 1 amide bonds. The molecule has 74 valence electrons. The van der Waals surface area contributed by atoms with Crippen LogP contribution in [0, 0.1) is 0 Å². The van der Waals surface area contributed by atoms with Crippen molar-refractivity contribution in [3.05, 3.63) is 0 Å². The molecule has 0 heterocycles. The van der Waals surface area contributed by atoms with Crippen LogP contribution < -0.4 is 5.32 Å². The molecule has 0 saturated heterocycles. The minimum Gasteiger partial charge on any atom is -0.355 e. The van der Waals surface area contributed by atoms with Crippen molar-refractivity contribution < 1.29 is 6.22 Å². The normalized spacial score (nSPS) is 10.3. The van der Waals surface area contributed by atoms with E-state index in [4.69, 9.17) is 0 Å². The van der Waals surface area contributed by atoms with Crippen LogP contribution in [0.1, 0.15) is 28.6 Å². The van der Waals surface area contributed by atoms with Gasteiger partial charge in [0.2, 0.25) is 5.91 Å². The SMILES string of the molecule is CCCNC(=O)CN(CC)CC.[HH]. The highest BCUT2D eigenvalue weighted by molar-refractivity contribution is 5.77. The van der Waals surface area contributed by atoms with E-state index in [1.165, 1.54) is 0 Å². The van der Waals surface area contributed by atoms with Gasteiger partial charge >= 0.3 is 0 Å². The Hall–Kier alpha value is -0.570. The summed E-state index contributed by atoms with van der Waals surface area (Å²) in [5, 5.41) is 2.85. The highest BCUT2D eigenvalue weighted by Gasteiger charge is 2.04. The van der Waals surface area contributed by atoms with Crippen LogP contribution in [0.5, 0.6) is 0 Å². The number of carbonyl (C=O) groups is 1. The fraction of sp³-hybridized carbons (Fsp3) is 0.889. The van der Waals surface area contributed by atoms with Crippen molar-refractivity contribution in [1.29, 1.82) is 0 Å². The van der Waals surface area contributed by atoms with Crippen molar-refractivity contribution >= 4 is 5.91 Å². The van der Waals surface area contributed by atoms with Gasteiger partial charge in [0.25, 0.3) is 0 Å². The summed E-state index contributed by atoms with van der Waals surface area (Å²) < 4.78 is 0. The number of hydrogen-bond donors (Lipinski definition) is 1. The third-order valence-electron chi connectivity index (χ3n) is 1.83. The van der Waals surface area contributed by atoms with Gasteiger partial charge in [-0.2, -0.15) is 0 Å². The van der Waals surface area contributed by atoms with Crippen LogP contribution in [0.3, 0.4) is 0 Å². The van der Waals surface area contributed by atoms with Crippen LogP contribution in [-0.4, -0.2) is 37.0 Å². The summed E-state index contributed by atoms with van der Waals surface area (Å²) in [6.07, 6.45) is 1.00. The Morgan fingerprint density at radius 3 is 2.33 bits per heavy atom. The van der Waals surface area contributed by atoms with Gasteiger partial charge in [0.15, 0.2) is 0 Å². The number of rotatable bonds is 6. The molecule has 0 fully saturated rings. The first kappa shape index (κ1) is 11.4. The lowest BCUT2D eigenvalue weighted by Gasteiger charge is -2.16.